The van der Waals surface area contributed by atoms with Crippen LogP contribution in [0.5, 0.6) is 0 Å². The summed E-state index contributed by atoms with van der Waals surface area (Å²) in [5.41, 5.74) is 0. The number of likely N-dealkylation sites (tertiary alicyclic amines) is 1. The number of ketones is 1. The highest BCUT2D eigenvalue weighted by atomic mass is 79.9. The first-order valence-electron chi connectivity index (χ1n) is 5.86. The number of rotatable bonds is 3. The Bertz CT molecular complexity index is 422. The van der Waals surface area contributed by atoms with Gasteiger partial charge in [0.2, 0.25) is 0 Å². The molecule has 2 aliphatic rings. The van der Waals surface area contributed by atoms with Crippen molar-refractivity contribution in [3.05, 3.63) is 20.8 Å². The largest absolute Gasteiger partial charge is 0.372 e. The minimum atomic E-state index is 0.216. The van der Waals surface area contributed by atoms with Crippen LogP contribution in [0.25, 0.3) is 0 Å². The van der Waals surface area contributed by atoms with Gasteiger partial charge in [0.1, 0.15) is 0 Å². The zero-order chi connectivity index (χ0) is 11.8. The fourth-order valence-corrected chi connectivity index (χ4v) is 4.12. The second kappa shape index (κ2) is 4.80. The van der Waals surface area contributed by atoms with E-state index in [9.17, 15) is 4.79 Å². The van der Waals surface area contributed by atoms with Gasteiger partial charge in [-0.1, -0.05) is 0 Å². The van der Waals surface area contributed by atoms with Gasteiger partial charge >= 0.3 is 0 Å². The Kier molecular flexibility index (Phi) is 3.34. The number of nitrogens with zero attached hydrogens (tertiary/aromatic N) is 1. The molecule has 2 aliphatic heterocycles. The van der Waals surface area contributed by atoms with Crippen LogP contribution in [0.3, 0.4) is 0 Å². The lowest BCUT2D eigenvalue weighted by Gasteiger charge is -2.31. The van der Waals surface area contributed by atoms with Crippen molar-refractivity contribution in [1.29, 1.82) is 0 Å². The summed E-state index contributed by atoms with van der Waals surface area (Å²) in [6.07, 6.45) is 3.01. The smallest absolute Gasteiger partial charge is 0.187 e. The third kappa shape index (κ3) is 2.47. The minimum absolute atomic E-state index is 0.216. The van der Waals surface area contributed by atoms with E-state index in [1.54, 1.807) is 0 Å². The molecule has 0 aliphatic carbocycles. The van der Waals surface area contributed by atoms with E-state index >= 15 is 0 Å². The molecular weight excluding hydrogens is 302 g/mol. The fraction of sp³-hybridized carbons (Fsp3) is 0.583. The van der Waals surface area contributed by atoms with E-state index in [4.69, 9.17) is 4.74 Å². The van der Waals surface area contributed by atoms with Crippen LogP contribution in [0.4, 0.5) is 0 Å². The quantitative estimate of drug-likeness (QED) is 0.803. The van der Waals surface area contributed by atoms with E-state index in [0.29, 0.717) is 18.8 Å². The van der Waals surface area contributed by atoms with E-state index in [1.807, 2.05) is 11.4 Å². The molecule has 3 nitrogen and oxygen atoms in total. The summed E-state index contributed by atoms with van der Waals surface area (Å²) >= 11 is 4.92. The van der Waals surface area contributed by atoms with Gasteiger partial charge in [0.05, 0.1) is 23.6 Å². The summed E-state index contributed by atoms with van der Waals surface area (Å²) in [5, 5.41) is 1.94. The molecule has 2 unspecified atom stereocenters. The van der Waals surface area contributed by atoms with Crippen LogP contribution in [-0.4, -0.2) is 42.5 Å². The maximum Gasteiger partial charge on any atom is 0.187 e. The molecule has 5 heteroatoms. The highest BCUT2D eigenvalue weighted by molar-refractivity contribution is 9.10. The summed E-state index contributed by atoms with van der Waals surface area (Å²) < 4.78 is 6.68. The zero-order valence-electron chi connectivity index (χ0n) is 9.39. The Morgan fingerprint density at radius 1 is 1.47 bits per heavy atom. The standard InChI is InChI=1S/C12H14BrNO2S/c13-10-3-4-17-12(10)11(15)7-14-5-8-1-2-9(6-14)16-8/h3-4,8-9H,1-2,5-7H2. The summed E-state index contributed by atoms with van der Waals surface area (Å²) in [5.74, 6) is 0.216. The number of hydrogen-bond donors (Lipinski definition) is 0. The molecule has 17 heavy (non-hydrogen) atoms. The highest BCUT2D eigenvalue weighted by Crippen LogP contribution is 2.27. The molecule has 0 radical (unpaired) electrons. The van der Waals surface area contributed by atoms with Gasteiger partial charge in [0, 0.05) is 17.6 Å². The molecule has 3 heterocycles. The predicted octanol–water partition coefficient (Wildman–Crippen LogP) is 2.56. The predicted molar refractivity (Wildman–Crippen MR) is 70.7 cm³/mol. The first-order chi connectivity index (χ1) is 8.22. The lowest BCUT2D eigenvalue weighted by atomic mass is 10.2. The van der Waals surface area contributed by atoms with Crippen LogP contribution in [0.15, 0.2) is 15.9 Å². The molecule has 2 bridgehead atoms. The molecule has 0 amide bonds. The van der Waals surface area contributed by atoms with Crippen LogP contribution in [0.1, 0.15) is 22.5 Å². The lowest BCUT2D eigenvalue weighted by molar-refractivity contribution is -0.0355. The van der Waals surface area contributed by atoms with Gasteiger partial charge in [-0.25, -0.2) is 0 Å². The third-order valence-corrected chi connectivity index (χ3v) is 5.24. The molecule has 0 aromatic carbocycles. The fourth-order valence-electron chi connectivity index (χ4n) is 2.60. The maximum atomic E-state index is 12.1. The van der Waals surface area contributed by atoms with Gasteiger partial charge in [-0.15, -0.1) is 11.3 Å². The van der Waals surface area contributed by atoms with Crippen LogP contribution < -0.4 is 0 Å². The van der Waals surface area contributed by atoms with Crippen molar-refractivity contribution in [2.45, 2.75) is 25.0 Å². The molecule has 2 saturated heterocycles. The number of morpholine rings is 1. The highest BCUT2D eigenvalue weighted by Gasteiger charge is 2.34. The molecule has 1 aromatic rings. The van der Waals surface area contributed by atoms with Crippen molar-refractivity contribution >= 4 is 33.0 Å². The minimum Gasteiger partial charge on any atom is -0.372 e. The number of thiophene rings is 1. The molecule has 3 rings (SSSR count). The third-order valence-electron chi connectivity index (χ3n) is 3.36. The molecular formula is C12H14BrNO2S. The Labute approximate surface area is 113 Å². The molecule has 2 atom stereocenters. The van der Waals surface area contributed by atoms with Crippen LogP contribution in [0, 0.1) is 0 Å². The van der Waals surface area contributed by atoms with E-state index < -0.39 is 0 Å². The van der Waals surface area contributed by atoms with E-state index in [2.05, 4.69) is 20.8 Å². The van der Waals surface area contributed by atoms with Gasteiger partial charge < -0.3 is 4.74 Å². The van der Waals surface area contributed by atoms with E-state index in [0.717, 1.165) is 35.3 Å². The lowest BCUT2D eigenvalue weighted by Crippen LogP contribution is -2.44. The van der Waals surface area contributed by atoms with Crippen LogP contribution >= 0.6 is 27.3 Å². The number of hydrogen-bond acceptors (Lipinski definition) is 4. The second-order valence-electron chi connectivity index (χ2n) is 4.67. The summed E-state index contributed by atoms with van der Waals surface area (Å²) in [6, 6.07) is 1.93. The first kappa shape index (κ1) is 11.8. The van der Waals surface area contributed by atoms with Gasteiger partial charge in [-0.05, 0) is 40.2 Å². The van der Waals surface area contributed by atoms with Crippen LogP contribution in [-0.2, 0) is 4.74 Å². The van der Waals surface area contributed by atoms with Crippen molar-refractivity contribution in [3.8, 4) is 0 Å². The molecule has 2 fully saturated rings. The van der Waals surface area contributed by atoms with Crippen molar-refractivity contribution < 1.29 is 9.53 Å². The van der Waals surface area contributed by atoms with Gasteiger partial charge in [-0.2, -0.15) is 0 Å². The van der Waals surface area contributed by atoms with E-state index in [-0.39, 0.29) is 5.78 Å². The second-order valence-corrected chi connectivity index (χ2v) is 6.44. The average molecular weight is 316 g/mol. The summed E-state index contributed by atoms with van der Waals surface area (Å²) in [6.45, 7) is 2.34. The number of carbonyl (C=O) groups is 1. The summed E-state index contributed by atoms with van der Waals surface area (Å²) in [4.78, 5) is 15.2. The van der Waals surface area contributed by atoms with Crippen molar-refractivity contribution in [2.24, 2.45) is 0 Å². The number of Topliss-reactive ketones (excluding diaryl/α,β-unsaturated/α-hetero) is 1. The van der Waals surface area contributed by atoms with Crippen molar-refractivity contribution in [2.75, 3.05) is 19.6 Å². The first-order valence-corrected chi connectivity index (χ1v) is 7.53. The zero-order valence-corrected chi connectivity index (χ0v) is 11.8. The Morgan fingerprint density at radius 3 is 2.76 bits per heavy atom. The monoisotopic (exact) mass is 315 g/mol. The number of carbonyl (C=O) groups excluding carboxylic acids is 1. The number of halogens is 1. The summed E-state index contributed by atoms with van der Waals surface area (Å²) in [7, 11) is 0. The normalized spacial score (nSPS) is 28.5. The Morgan fingerprint density at radius 2 is 2.18 bits per heavy atom. The topological polar surface area (TPSA) is 29.5 Å². The van der Waals surface area contributed by atoms with E-state index in [1.165, 1.54) is 11.3 Å². The Hall–Kier alpha value is -0.230. The van der Waals surface area contributed by atoms with Crippen molar-refractivity contribution in [3.63, 3.8) is 0 Å². The van der Waals surface area contributed by atoms with Crippen LogP contribution in [0.2, 0.25) is 0 Å². The molecule has 1 aromatic heterocycles. The SMILES string of the molecule is O=C(CN1CC2CCC(C1)O2)c1sccc1Br. The van der Waals surface area contributed by atoms with Gasteiger partial charge in [-0.3, -0.25) is 9.69 Å². The van der Waals surface area contributed by atoms with Crippen molar-refractivity contribution in [1.82, 2.24) is 4.90 Å². The van der Waals surface area contributed by atoms with Gasteiger partial charge in [0.15, 0.2) is 5.78 Å². The Balaban J connectivity index is 1.64. The molecule has 92 valence electrons. The number of fused-ring (bicyclic) bond motifs is 2. The maximum absolute atomic E-state index is 12.1. The van der Waals surface area contributed by atoms with Gasteiger partial charge in [0.25, 0.3) is 0 Å². The molecule has 0 spiro atoms. The molecule has 0 N–H and O–H groups in total. The molecule has 0 saturated carbocycles. The number of ether oxygens (including phenoxy) is 1. The average Bonchev–Trinajstić information content (AvgIpc) is 2.85.